The molecule has 3 heterocycles. The van der Waals surface area contributed by atoms with E-state index in [2.05, 4.69) is 56.5 Å². The second-order valence-electron chi connectivity index (χ2n) is 8.89. The molecule has 0 aliphatic carbocycles. The minimum Gasteiger partial charge on any atom is -0.352 e. The summed E-state index contributed by atoms with van der Waals surface area (Å²) in [4.78, 5) is 21.6. The maximum Gasteiger partial charge on any atom is 0.220 e. The van der Waals surface area contributed by atoms with Gasteiger partial charge >= 0.3 is 0 Å². The quantitative estimate of drug-likeness (QED) is 0.729. The lowest BCUT2D eigenvalue weighted by molar-refractivity contribution is -0.122. The molecule has 1 aromatic carbocycles. The predicted molar refractivity (Wildman–Crippen MR) is 120 cm³/mol. The number of carbonyl (C=O) groups is 1. The Kier molecular flexibility index (Phi) is 7.49. The van der Waals surface area contributed by atoms with Gasteiger partial charge in [0.05, 0.1) is 0 Å². The lowest BCUT2D eigenvalue weighted by Gasteiger charge is -2.31. The van der Waals surface area contributed by atoms with Gasteiger partial charge in [0.25, 0.3) is 0 Å². The molecule has 0 spiro atoms. The van der Waals surface area contributed by atoms with Crippen LogP contribution in [0.4, 0.5) is 0 Å². The van der Waals surface area contributed by atoms with E-state index < -0.39 is 0 Å². The molecule has 2 fully saturated rings. The van der Waals surface area contributed by atoms with E-state index in [1.54, 1.807) is 0 Å². The topological polar surface area (TPSA) is 48.5 Å². The lowest BCUT2D eigenvalue weighted by Crippen LogP contribution is -2.37. The average molecular weight is 407 g/mol. The Morgan fingerprint density at radius 1 is 0.933 bits per heavy atom. The van der Waals surface area contributed by atoms with Gasteiger partial charge in [0.15, 0.2) is 0 Å². The van der Waals surface area contributed by atoms with Crippen LogP contribution in [0, 0.1) is 5.92 Å². The highest BCUT2D eigenvalue weighted by atomic mass is 16.1. The van der Waals surface area contributed by atoms with E-state index in [0.29, 0.717) is 18.4 Å². The molecular weight excluding hydrogens is 372 g/mol. The Hall–Kier alpha value is -2.24. The van der Waals surface area contributed by atoms with Crippen LogP contribution in [0.3, 0.4) is 0 Å². The zero-order chi connectivity index (χ0) is 20.6. The first-order valence-electron chi connectivity index (χ1n) is 11.4. The van der Waals surface area contributed by atoms with Crippen molar-refractivity contribution in [2.45, 2.75) is 51.2 Å². The number of likely N-dealkylation sites (tertiary alicyclic amines) is 2. The molecule has 2 aliphatic heterocycles. The second-order valence-corrected chi connectivity index (χ2v) is 8.89. The van der Waals surface area contributed by atoms with Crippen LogP contribution in [0.15, 0.2) is 54.9 Å². The summed E-state index contributed by atoms with van der Waals surface area (Å²) in [5.74, 6) is 0.915. The average Bonchev–Trinajstić information content (AvgIpc) is 3.21. The number of nitrogens with one attached hydrogen (secondary N) is 1. The third kappa shape index (κ3) is 6.38. The van der Waals surface area contributed by atoms with E-state index in [9.17, 15) is 4.79 Å². The highest BCUT2D eigenvalue weighted by molar-refractivity contribution is 5.76. The number of hydrogen-bond donors (Lipinski definition) is 1. The number of nitrogens with zero attached hydrogens (tertiary/aromatic N) is 3. The van der Waals surface area contributed by atoms with Crippen molar-refractivity contribution in [3.05, 3.63) is 66.0 Å². The monoisotopic (exact) mass is 406 g/mol. The highest BCUT2D eigenvalue weighted by Gasteiger charge is 2.25. The first-order chi connectivity index (χ1) is 14.7. The Balaban J connectivity index is 1.11. The molecule has 1 N–H and O–H groups in total. The number of hydrogen-bond acceptors (Lipinski definition) is 4. The maximum atomic E-state index is 12.5. The van der Waals surface area contributed by atoms with Gasteiger partial charge < -0.3 is 5.32 Å². The van der Waals surface area contributed by atoms with Crippen LogP contribution in [-0.2, 0) is 17.9 Å². The fourth-order valence-corrected chi connectivity index (χ4v) is 4.75. The Labute approximate surface area is 180 Å². The van der Waals surface area contributed by atoms with Crippen molar-refractivity contribution in [3.63, 3.8) is 0 Å². The summed E-state index contributed by atoms with van der Waals surface area (Å²) < 4.78 is 0. The number of pyridine rings is 1. The van der Waals surface area contributed by atoms with Crippen molar-refractivity contribution in [1.82, 2.24) is 20.1 Å². The maximum absolute atomic E-state index is 12.5. The van der Waals surface area contributed by atoms with Crippen LogP contribution in [0.5, 0.6) is 0 Å². The molecule has 5 nitrogen and oxygen atoms in total. The first kappa shape index (κ1) is 21.0. The Bertz CT molecular complexity index is 774. The minimum atomic E-state index is 0.236. The van der Waals surface area contributed by atoms with Gasteiger partial charge in [0, 0.05) is 51.0 Å². The molecular formula is C25H34N4O. The van der Waals surface area contributed by atoms with Gasteiger partial charge in [-0.25, -0.2) is 0 Å². The highest BCUT2D eigenvalue weighted by Crippen LogP contribution is 2.23. The van der Waals surface area contributed by atoms with Gasteiger partial charge in [-0.3, -0.25) is 19.6 Å². The molecule has 2 aliphatic rings. The van der Waals surface area contributed by atoms with Crippen LogP contribution in [-0.4, -0.2) is 52.9 Å². The van der Waals surface area contributed by atoms with Gasteiger partial charge in [-0.15, -0.1) is 0 Å². The van der Waals surface area contributed by atoms with Crippen molar-refractivity contribution < 1.29 is 4.79 Å². The fraction of sp³-hybridized carbons (Fsp3) is 0.520. The second kappa shape index (κ2) is 10.7. The molecule has 4 rings (SSSR count). The van der Waals surface area contributed by atoms with Crippen LogP contribution in [0.25, 0.3) is 0 Å². The number of piperidine rings is 1. The number of benzene rings is 1. The molecule has 1 amide bonds. The molecule has 160 valence electrons. The Morgan fingerprint density at radius 2 is 1.67 bits per heavy atom. The van der Waals surface area contributed by atoms with Crippen molar-refractivity contribution in [1.29, 1.82) is 0 Å². The van der Waals surface area contributed by atoms with E-state index in [0.717, 1.165) is 52.1 Å². The van der Waals surface area contributed by atoms with Crippen molar-refractivity contribution in [2.75, 3.05) is 26.2 Å². The third-order valence-corrected chi connectivity index (χ3v) is 6.50. The smallest absolute Gasteiger partial charge is 0.220 e. The molecule has 0 radical (unpaired) electrons. The van der Waals surface area contributed by atoms with Crippen LogP contribution in [0.2, 0.25) is 0 Å². The summed E-state index contributed by atoms with van der Waals surface area (Å²) in [5.41, 5.74) is 2.63. The summed E-state index contributed by atoms with van der Waals surface area (Å²) in [6, 6.07) is 15.0. The van der Waals surface area contributed by atoms with Gasteiger partial charge in [0.1, 0.15) is 0 Å². The predicted octanol–water partition coefficient (Wildman–Crippen LogP) is 3.46. The van der Waals surface area contributed by atoms with E-state index >= 15 is 0 Å². The van der Waals surface area contributed by atoms with Crippen molar-refractivity contribution in [3.8, 4) is 0 Å². The van der Waals surface area contributed by atoms with Gasteiger partial charge in [-0.1, -0.05) is 36.4 Å². The summed E-state index contributed by atoms with van der Waals surface area (Å²) in [5, 5.41) is 3.28. The van der Waals surface area contributed by atoms with Gasteiger partial charge in [-0.2, -0.15) is 0 Å². The van der Waals surface area contributed by atoms with Crippen LogP contribution in [0.1, 0.15) is 43.2 Å². The number of amides is 1. The van der Waals surface area contributed by atoms with Crippen LogP contribution >= 0.6 is 0 Å². The standard InChI is InChI=1S/C25H34N4O/c30-25(27-24-12-16-29(20-24)18-22-5-2-1-3-6-22)9-8-21-10-14-28(15-11-21)19-23-7-4-13-26-17-23/h1-7,13,17,21,24H,8-12,14-16,18-20H2,(H,27,30)/t24-/m0/s1. The number of carbonyl (C=O) groups excluding carboxylic acids is 1. The molecule has 5 heteroatoms. The molecule has 0 unspecified atom stereocenters. The van der Waals surface area contributed by atoms with E-state index in [-0.39, 0.29) is 5.91 Å². The lowest BCUT2D eigenvalue weighted by atomic mass is 9.92. The number of aromatic nitrogens is 1. The number of rotatable bonds is 8. The van der Waals surface area contributed by atoms with Crippen LogP contribution < -0.4 is 5.32 Å². The molecule has 2 aromatic rings. The van der Waals surface area contributed by atoms with E-state index in [1.807, 2.05) is 18.5 Å². The molecule has 0 bridgehead atoms. The normalized spacial score (nSPS) is 21.0. The summed E-state index contributed by atoms with van der Waals surface area (Å²) >= 11 is 0. The third-order valence-electron chi connectivity index (χ3n) is 6.50. The van der Waals surface area contributed by atoms with Gasteiger partial charge in [0.2, 0.25) is 5.91 Å². The summed E-state index contributed by atoms with van der Waals surface area (Å²) in [6.07, 6.45) is 8.93. The molecule has 30 heavy (non-hydrogen) atoms. The largest absolute Gasteiger partial charge is 0.352 e. The molecule has 1 atom stereocenters. The first-order valence-corrected chi connectivity index (χ1v) is 11.4. The molecule has 2 saturated heterocycles. The van der Waals surface area contributed by atoms with Crippen molar-refractivity contribution in [2.24, 2.45) is 5.92 Å². The SMILES string of the molecule is O=C(CCC1CCN(Cc2cccnc2)CC1)N[C@H]1CCN(Cc2ccccc2)C1. The minimum absolute atomic E-state index is 0.236. The van der Waals surface area contributed by atoms with Gasteiger partial charge in [-0.05, 0) is 61.9 Å². The van der Waals surface area contributed by atoms with E-state index in [1.165, 1.54) is 24.0 Å². The summed E-state index contributed by atoms with van der Waals surface area (Å²) in [7, 11) is 0. The molecule has 0 saturated carbocycles. The summed E-state index contributed by atoms with van der Waals surface area (Å²) in [6.45, 7) is 6.24. The van der Waals surface area contributed by atoms with E-state index in [4.69, 9.17) is 0 Å². The van der Waals surface area contributed by atoms with Crippen molar-refractivity contribution >= 4 is 5.91 Å². The Morgan fingerprint density at radius 3 is 2.43 bits per heavy atom. The molecule has 1 aromatic heterocycles. The zero-order valence-electron chi connectivity index (χ0n) is 17.9. The fourth-order valence-electron chi connectivity index (χ4n) is 4.75. The zero-order valence-corrected chi connectivity index (χ0v) is 17.9.